The van der Waals surface area contributed by atoms with Gasteiger partial charge in [0.15, 0.2) is 0 Å². The third-order valence-corrected chi connectivity index (χ3v) is 3.87. The highest BCUT2D eigenvalue weighted by Gasteiger charge is 2.20. The molecule has 0 aliphatic rings. The van der Waals surface area contributed by atoms with Crippen molar-refractivity contribution in [3.05, 3.63) is 69.2 Å². The van der Waals surface area contributed by atoms with Crippen molar-refractivity contribution in [2.75, 3.05) is 19.8 Å². The Morgan fingerprint density at radius 3 is 2.36 bits per heavy atom. The molecule has 8 heteroatoms. The molecule has 0 amide bonds. The Kier molecular flexibility index (Phi) is 7.15. The van der Waals surface area contributed by atoms with E-state index >= 15 is 0 Å². The SMILES string of the molecule is O=[N+]([O-])c1ccc([C@H](O)[C@H](CO)NCCOc2ccc(Cl)cc2)cc1. The highest BCUT2D eigenvalue weighted by molar-refractivity contribution is 6.30. The van der Waals surface area contributed by atoms with E-state index in [4.69, 9.17) is 16.3 Å². The topological polar surface area (TPSA) is 105 Å². The number of ether oxygens (including phenoxy) is 1. The number of nitrogens with one attached hydrogen (secondary N) is 1. The van der Waals surface area contributed by atoms with E-state index in [0.717, 1.165) is 0 Å². The van der Waals surface area contributed by atoms with Crippen LogP contribution in [0.4, 0.5) is 5.69 Å². The average Bonchev–Trinajstić information content (AvgIpc) is 2.63. The summed E-state index contributed by atoms with van der Waals surface area (Å²) in [5.74, 6) is 0.669. The zero-order valence-corrected chi connectivity index (χ0v) is 14.1. The molecule has 0 aliphatic heterocycles. The van der Waals surface area contributed by atoms with Crippen LogP contribution in [0.25, 0.3) is 0 Å². The molecule has 0 fully saturated rings. The molecule has 3 N–H and O–H groups in total. The maximum absolute atomic E-state index is 10.7. The summed E-state index contributed by atoms with van der Waals surface area (Å²) in [6.07, 6.45) is -0.999. The average molecular weight is 367 g/mol. The van der Waals surface area contributed by atoms with Crippen LogP contribution in [0, 0.1) is 10.1 Å². The van der Waals surface area contributed by atoms with Crippen LogP contribution in [0.15, 0.2) is 48.5 Å². The van der Waals surface area contributed by atoms with Crippen LogP contribution in [0.2, 0.25) is 5.02 Å². The molecule has 0 aromatic heterocycles. The fourth-order valence-electron chi connectivity index (χ4n) is 2.25. The van der Waals surface area contributed by atoms with E-state index < -0.39 is 17.1 Å². The number of nitro groups is 1. The second-order valence-corrected chi connectivity index (χ2v) is 5.78. The van der Waals surface area contributed by atoms with Crippen LogP contribution in [0.3, 0.4) is 0 Å². The molecule has 2 atom stereocenters. The van der Waals surface area contributed by atoms with Gasteiger partial charge in [-0.05, 0) is 42.0 Å². The van der Waals surface area contributed by atoms with Gasteiger partial charge in [-0.25, -0.2) is 0 Å². The number of non-ortho nitro benzene ring substituents is 1. The van der Waals surface area contributed by atoms with Gasteiger partial charge in [-0.2, -0.15) is 0 Å². The first-order valence-corrected chi connectivity index (χ1v) is 8.04. The van der Waals surface area contributed by atoms with Gasteiger partial charge in [0.1, 0.15) is 12.4 Å². The Bertz CT molecular complexity index is 678. The Labute approximate surface area is 150 Å². The Hall–Kier alpha value is -2.19. The van der Waals surface area contributed by atoms with Gasteiger partial charge in [-0.3, -0.25) is 10.1 Å². The van der Waals surface area contributed by atoms with Crippen molar-refractivity contribution in [2.24, 2.45) is 0 Å². The Morgan fingerprint density at radius 2 is 1.80 bits per heavy atom. The molecule has 0 radical (unpaired) electrons. The van der Waals surface area contributed by atoms with Crippen molar-refractivity contribution in [1.29, 1.82) is 0 Å². The quantitative estimate of drug-likeness (QED) is 0.357. The summed E-state index contributed by atoms with van der Waals surface area (Å²) >= 11 is 5.79. The van der Waals surface area contributed by atoms with E-state index in [-0.39, 0.29) is 12.3 Å². The lowest BCUT2D eigenvalue weighted by atomic mass is 10.0. The van der Waals surface area contributed by atoms with Crippen molar-refractivity contribution in [3.8, 4) is 5.75 Å². The zero-order valence-electron chi connectivity index (χ0n) is 13.3. The first-order chi connectivity index (χ1) is 12.0. The predicted molar refractivity (Wildman–Crippen MR) is 93.9 cm³/mol. The molecule has 0 aliphatic carbocycles. The summed E-state index contributed by atoms with van der Waals surface area (Å²) in [7, 11) is 0. The molecule has 25 heavy (non-hydrogen) atoms. The fraction of sp³-hybridized carbons (Fsp3) is 0.294. The number of hydrogen-bond donors (Lipinski definition) is 3. The molecular weight excluding hydrogens is 348 g/mol. The molecule has 134 valence electrons. The van der Waals surface area contributed by atoms with E-state index in [2.05, 4.69) is 5.32 Å². The number of halogens is 1. The van der Waals surface area contributed by atoms with Crippen molar-refractivity contribution in [1.82, 2.24) is 5.32 Å². The first-order valence-electron chi connectivity index (χ1n) is 7.66. The van der Waals surface area contributed by atoms with Gasteiger partial charge < -0.3 is 20.3 Å². The van der Waals surface area contributed by atoms with Gasteiger partial charge in [-0.15, -0.1) is 0 Å². The van der Waals surface area contributed by atoms with E-state index in [0.29, 0.717) is 29.5 Å². The Morgan fingerprint density at radius 1 is 1.16 bits per heavy atom. The molecule has 2 rings (SSSR count). The normalized spacial score (nSPS) is 13.2. The van der Waals surface area contributed by atoms with E-state index in [1.54, 1.807) is 24.3 Å². The van der Waals surface area contributed by atoms with Gasteiger partial charge in [0.2, 0.25) is 0 Å². The van der Waals surface area contributed by atoms with Crippen LogP contribution >= 0.6 is 11.6 Å². The smallest absolute Gasteiger partial charge is 0.269 e. The number of aliphatic hydroxyl groups excluding tert-OH is 2. The van der Waals surface area contributed by atoms with E-state index in [1.165, 1.54) is 24.3 Å². The number of nitrogens with zero attached hydrogens (tertiary/aromatic N) is 1. The lowest BCUT2D eigenvalue weighted by Gasteiger charge is -2.22. The number of benzene rings is 2. The van der Waals surface area contributed by atoms with Crippen LogP contribution in [-0.2, 0) is 0 Å². The lowest BCUT2D eigenvalue weighted by molar-refractivity contribution is -0.384. The van der Waals surface area contributed by atoms with E-state index in [9.17, 15) is 20.3 Å². The minimum atomic E-state index is -0.999. The summed E-state index contributed by atoms with van der Waals surface area (Å²) in [6.45, 7) is 0.447. The first kappa shape index (κ1) is 19.1. The van der Waals surface area contributed by atoms with Gasteiger partial charge >= 0.3 is 0 Å². The molecule has 0 saturated heterocycles. The molecule has 0 spiro atoms. The third-order valence-electron chi connectivity index (χ3n) is 3.61. The minimum absolute atomic E-state index is 0.0548. The van der Waals surface area contributed by atoms with Crippen LogP contribution < -0.4 is 10.1 Å². The number of hydrogen-bond acceptors (Lipinski definition) is 6. The summed E-state index contributed by atoms with van der Waals surface area (Å²) in [5, 5.41) is 34.0. The van der Waals surface area contributed by atoms with Gasteiger partial charge in [0.25, 0.3) is 5.69 Å². The second kappa shape index (κ2) is 9.33. The molecule has 0 unspecified atom stereocenters. The molecule has 0 heterocycles. The maximum Gasteiger partial charge on any atom is 0.269 e. The summed E-state index contributed by atoms with van der Waals surface area (Å²) in [6, 6.07) is 11.9. The van der Waals surface area contributed by atoms with Gasteiger partial charge in [-0.1, -0.05) is 11.6 Å². The van der Waals surface area contributed by atoms with Crippen LogP contribution in [0.5, 0.6) is 5.75 Å². The highest BCUT2D eigenvalue weighted by atomic mass is 35.5. The second-order valence-electron chi connectivity index (χ2n) is 5.34. The molecule has 2 aromatic carbocycles. The Balaban J connectivity index is 1.84. The predicted octanol–water partition coefficient (Wildman–Crippen LogP) is 2.31. The largest absolute Gasteiger partial charge is 0.492 e. The minimum Gasteiger partial charge on any atom is -0.492 e. The van der Waals surface area contributed by atoms with Gasteiger partial charge in [0, 0.05) is 23.7 Å². The monoisotopic (exact) mass is 366 g/mol. The molecule has 0 saturated carbocycles. The molecular formula is C17H19ClN2O5. The number of rotatable bonds is 9. The van der Waals surface area contributed by atoms with Crippen LogP contribution in [0.1, 0.15) is 11.7 Å². The molecule has 0 bridgehead atoms. The third kappa shape index (κ3) is 5.68. The standard InChI is InChI=1S/C17H19ClN2O5/c18-13-3-7-15(8-4-13)25-10-9-19-16(11-21)17(22)12-1-5-14(6-2-12)20(23)24/h1-8,16-17,19,21-22H,9-11H2/t16-,17-/m0/s1. The molecule has 2 aromatic rings. The highest BCUT2D eigenvalue weighted by Crippen LogP contribution is 2.20. The fourth-order valence-corrected chi connectivity index (χ4v) is 2.37. The van der Waals surface area contributed by atoms with Crippen molar-refractivity contribution in [2.45, 2.75) is 12.1 Å². The van der Waals surface area contributed by atoms with Crippen molar-refractivity contribution in [3.63, 3.8) is 0 Å². The van der Waals surface area contributed by atoms with E-state index in [1.807, 2.05) is 0 Å². The summed E-state index contributed by atoms with van der Waals surface area (Å²) < 4.78 is 5.52. The zero-order chi connectivity index (χ0) is 18.2. The van der Waals surface area contributed by atoms with Crippen molar-refractivity contribution >= 4 is 17.3 Å². The maximum atomic E-state index is 10.7. The molecule has 7 nitrogen and oxygen atoms in total. The van der Waals surface area contributed by atoms with Crippen molar-refractivity contribution < 1.29 is 19.9 Å². The summed E-state index contributed by atoms with van der Waals surface area (Å²) in [4.78, 5) is 10.1. The van der Waals surface area contributed by atoms with Crippen LogP contribution in [-0.4, -0.2) is 40.9 Å². The lowest BCUT2D eigenvalue weighted by Crippen LogP contribution is -2.40. The summed E-state index contributed by atoms with van der Waals surface area (Å²) in [5.41, 5.74) is 0.427. The number of nitro benzene ring substituents is 1. The number of aliphatic hydroxyl groups is 2. The van der Waals surface area contributed by atoms with Gasteiger partial charge in [0.05, 0.1) is 23.7 Å².